The zero-order chi connectivity index (χ0) is 11.5. The van der Waals surface area contributed by atoms with Crippen LogP contribution >= 0.6 is 0 Å². The number of hydrogen-bond acceptors (Lipinski definition) is 2. The molecule has 0 aromatic heterocycles. The van der Waals surface area contributed by atoms with E-state index >= 15 is 0 Å². The van der Waals surface area contributed by atoms with Gasteiger partial charge in [-0.25, -0.2) is 0 Å². The van der Waals surface area contributed by atoms with Crippen molar-refractivity contribution in [1.82, 2.24) is 9.80 Å². The lowest BCUT2D eigenvalue weighted by atomic mass is 10.3. The Balaban J connectivity index is 2.41. The molecular weight excluding hydrogens is 209 g/mol. The minimum Gasteiger partial charge on any atom is -0.340 e. The van der Waals surface area contributed by atoms with Crippen molar-refractivity contribution in [2.75, 3.05) is 32.7 Å². The second-order valence-corrected chi connectivity index (χ2v) is 3.71. The molecule has 0 saturated carbocycles. The molecule has 3 nitrogen and oxygen atoms in total. The molecule has 0 bridgehead atoms. The third kappa shape index (κ3) is 4.07. The van der Waals surface area contributed by atoms with Gasteiger partial charge in [0.1, 0.15) is 0 Å². The van der Waals surface area contributed by atoms with E-state index in [1.54, 1.807) is 4.90 Å². The monoisotopic (exact) mass is 224 g/mol. The highest BCUT2D eigenvalue weighted by Gasteiger charge is 2.34. The smallest absolute Gasteiger partial charge is 0.340 e. The Bertz CT molecular complexity index is 230. The standard InChI is InChI=1S/C9H15F3N2O/c1-2-3-14-5-4-13(6-8(14)15)7-9(10,11)12/h2-7H2,1H3. The Labute approximate surface area is 86.8 Å². The average molecular weight is 224 g/mol. The van der Waals surface area contributed by atoms with Crippen molar-refractivity contribution < 1.29 is 18.0 Å². The predicted octanol–water partition coefficient (Wildman–Crippen LogP) is 1.10. The van der Waals surface area contributed by atoms with Gasteiger partial charge < -0.3 is 4.90 Å². The molecule has 1 fully saturated rings. The molecule has 88 valence electrons. The van der Waals surface area contributed by atoms with Gasteiger partial charge in [0.2, 0.25) is 5.91 Å². The molecule has 0 aliphatic carbocycles. The van der Waals surface area contributed by atoms with Crippen LogP contribution in [-0.2, 0) is 4.79 Å². The fourth-order valence-corrected chi connectivity index (χ4v) is 1.65. The van der Waals surface area contributed by atoms with E-state index < -0.39 is 12.7 Å². The van der Waals surface area contributed by atoms with Gasteiger partial charge in [-0.15, -0.1) is 0 Å². The van der Waals surface area contributed by atoms with E-state index in [2.05, 4.69) is 0 Å². The molecule has 1 aliphatic heterocycles. The van der Waals surface area contributed by atoms with Crippen LogP contribution in [0.3, 0.4) is 0 Å². The summed E-state index contributed by atoms with van der Waals surface area (Å²) in [6.07, 6.45) is -3.38. The molecule has 0 spiro atoms. The van der Waals surface area contributed by atoms with Gasteiger partial charge in [0, 0.05) is 19.6 Å². The summed E-state index contributed by atoms with van der Waals surface area (Å²) >= 11 is 0. The number of nitrogens with zero attached hydrogens (tertiary/aromatic N) is 2. The van der Waals surface area contributed by atoms with Gasteiger partial charge in [-0.05, 0) is 6.42 Å². The Morgan fingerprint density at radius 3 is 2.47 bits per heavy atom. The van der Waals surface area contributed by atoms with Crippen molar-refractivity contribution in [2.24, 2.45) is 0 Å². The fourth-order valence-electron chi connectivity index (χ4n) is 1.65. The molecule has 1 rings (SSSR count). The van der Waals surface area contributed by atoms with Crippen LogP contribution in [0.15, 0.2) is 0 Å². The first-order valence-corrected chi connectivity index (χ1v) is 4.99. The molecule has 1 amide bonds. The third-order valence-electron chi connectivity index (χ3n) is 2.29. The van der Waals surface area contributed by atoms with E-state index in [0.717, 1.165) is 11.3 Å². The fraction of sp³-hybridized carbons (Fsp3) is 0.889. The van der Waals surface area contributed by atoms with Crippen LogP contribution in [0, 0.1) is 0 Å². The summed E-state index contributed by atoms with van der Waals surface area (Å²) < 4.78 is 36.1. The van der Waals surface area contributed by atoms with Crippen LogP contribution in [-0.4, -0.2) is 54.6 Å². The molecule has 0 atom stereocenters. The van der Waals surface area contributed by atoms with Gasteiger partial charge in [-0.1, -0.05) is 6.92 Å². The Morgan fingerprint density at radius 2 is 2.00 bits per heavy atom. The number of hydrogen-bond donors (Lipinski definition) is 0. The zero-order valence-electron chi connectivity index (χ0n) is 8.68. The van der Waals surface area contributed by atoms with Gasteiger partial charge in [0.25, 0.3) is 0 Å². The summed E-state index contributed by atoms with van der Waals surface area (Å²) in [7, 11) is 0. The maximum atomic E-state index is 12.0. The molecule has 1 heterocycles. The highest BCUT2D eigenvalue weighted by molar-refractivity contribution is 5.79. The van der Waals surface area contributed by atoms with E-state index in [-0.39, 0.29) is 12.5 Å². The van der Waals surface area contributed by atoms with E-state index in [9.17, 15) is 18.0 Å². The highest BCUT2D eigenvalue weighted by Crippen LogP contribution is 2.17. The SMILES string of the molecule is CCCN1CCN(CC(F)(F)F)CC1=O. The molecular formula is C9H15F3N2O. The van der Waals surface area contributed by atoms with E-state index in [0.29, 0.717) is 19.6 Å². The van der Waals surface area contributed by atoms with Crippen LogP contribution in [0.2, 0.25) is 0 Å². The van der Waals surface area contributed by atoms with E-state index in [4.69, 9.17) is 0 Å². The van der Waals surface area contributed by atoms with Gasteiger partial charge in [0.15, 0.2) is 0 Å². The molecule has 0 aromatic carbocycles. The summed E-state index contributed by atoms with van der Waals surface area (Å²) in [4.78, 5) is 14.2. The van der Waals surface area contributed by atoms with Crippen LogP contribution < -0.4 is 0 Å². The van der Waals surface area contributed by atoms with Gasteiger partial charge in [-0.3, -0.25) is 9.69 Å². The topological polar surface area (TPSA) is 23.6 Å². The number of carbonyl (C=O) groups excluding carboxylic acids is 1. The summed E-state index contributed by atoms with van der Waals surface area (Å²) in [6.45, 7) is 2.19. The Hall–Kier alpha value is -0.780. The molecule has 1 aliphatic rings. The van der Waals surface area contributed by atoms with Crippen LogP contribution in [0.4, 0.5) is 13.2 Å². The maximum Gasteiger partial charge on any atom is 0.401 e. The molecule has 15 heavy (non-hydrogen) atoms. The minimum atomic E-state index is -4.22. The molecule has 6 heteroatoms. The average Bonchev–Trinajstić information content (AvgIpc) is 2.07. The van der Waals surface area contributed by atoms with Crippen LogP contribution in [0.1, 0.15) is 13.3 Å². The minimum absolute atomic E-state index is 0.112. The summed E-state index contributed by atoms with van der Waals surface area (Å²) in [5, 5.41) is 0. The number of piperazine rings is 1. The third-order valence-corrected chi connectivity index (χ3v) is 2.29. The molecule has 1 saturated heterocycles. The molecule has 0 radical (unpaired) electrons. The predicted molar refractivity (Wildman–Crippen MR) is 49.4 cm³/mol. The summed E-state index contributed by atoms with van der Waals surface area (Å²) in [5.74, 6) is -0.202. The molecule has 0 aromatic rings. The number of rotatable bonds is 3. The van der Waals surface area contributed by atoms with Crippen molar-refractivity contribution in [3.8, 4) is 0 Å². The van der Waals surface area contributed by atoms with Gasteiger partial charge >= 0.3 is 6.18 Å². The highest BCUT2D eigenvalue weighted by atomic mass is 19.4. The quantitative estimate of drug-likeness (QED) is 0.716. The Kier molecular flexibility index (Phi) is 3.96. The van der Waals surface area contributed by atoms with Gasteiger partial charge in [0.05, 0.1) is 13.1 Å². The van der Waals surface area contributed by atoms with E-state index in [1.807, 2.05) is 6.92 Å². The van der Waals surface area contributed by atoms with Crippen LogP contribution in [0.25, 0.3) is 0 Å². The first-order valence-electron chi connectivity index (χ1n) is 4.99. The summed E-state index contributed by atoms with van der Waals surface area (Å²) in [6, 6.07) is 0. The lowest BCUT2D eigenvalue weighted by Gasteiger charge is -2.34. The van der Waals surface area contributed by atoms with Crippen molar-refractivity contribution in [1.29, 1.82) is 0 Å². The largest absolute Gasteiger partial charge is 0.401 e. The van der Waals surface area contributed by atoms with Gasteiger partial charge in [-0.2, -0.15) is 13.2 Å². The second-order valence-electron chi connectivity index (χ2n) is 3.71. The Morgan fingerprint density at radius 1 is 1.33 bits per heavy atom. The molecule has 0 unspecified atom stereocenters. The number of alkyl halides is 3. The first kappa shape index (κ1) is 12.3. The van der Waals surface area contributed by atoms with E-state index in [1.165, 1.54) is 0 Å². The van der Waals surface area contributed by atoms with Crippen molar-refractivity contribution in [3.63, 3.8) is 0 Å². The maximum absolute atomic E-state index is 12.0. The lowest BCUT2D eigenvalue weighted by Crippen LogP contribution is -2.52. The van der Waals surface area contributed by atoms with Crippen molar-refractivity contribution in [2.45, 2.75) is 19.5 Å². The summed E-state index contributed by atoms with van der Waals surface area (Å²) in [5.41, 5.74) is 0. The zero-order valence-corrected chi connectivity index (χ0v) is 8.68. The van der Waals surface area contributed by atoms with Crippen molar-refractivity contribution in [3.05, 3.63) is 0 Å². The van der Waals surface area contributed by atoms with Crippen LogP contribution in [0.5, 0.6) is 0 Å². The lowest BCUT2D eigenvalue weighted by molar-refractivity contribution is -0.157. The number of amides is 1. The normalized spacial score (nSPS) is 19.7. The van der Waals surface area contributed by atoms with Crippen molar-refractivity contribution >= 4 is 5.91 Å². The second kappa shape index (κ2) is 4.83. The first-order chi connectivity index (χ1) is 6.92. The molecule has 0 N–H and O–H groups in total. The number of halogens is 3. The number of carbonyl (C=O) groups is 1.